The van der Waals surface area contributed by atoms with E-state index in [0.717, 1.165) is 90.7 Å². The van der Waals surface area contributed by atoms with Crippen LogP contribution in [-0.2, 0) is 11.2 Å². The zero-order valence-corrected chi connectivity index (χ0v) is 21.0. The van der Waals surface area contributed by atoms with Crippen LogP contribution < -0.4 is 9.64 Å². The van der Waals surface area contributed by atoms with E-state index in [9.17, 15) is 9.18 Å². The van der Waals surface area contributed by atoms with Gasteiger partial charge in [-0.15, -0.1) is 5.10 Å². The van der Waals surface area contributed by atoms with Crippen LogP contribution in [0.2, 0.25) is 0 Å². The van der Waals surface area contributed by atoms with Gasteiger partial charge in [0.15, 0.2) is 0 Å². The maximum atomic E-state index is 14.9. The molecule has 1 aromatic heterocycles. The summed E-state index contributed by atoms with van der Waals surface area (Å²) in [5.74, 6) is 0.494. The van der Waals surface area contributed by atoms with Crippen LogP contribution in [0.4, 0.5) is 10.1 Å². The van der Waals surface area contributed by atoms with Gasteiger partial charge in [-0.25, -0.2) is 0 Å². The number of ether oxygens (including phenoxy) is 1. The standard InChI is InChI=1S/C31H30FN3O2/c1-37-28-18-22(35-16-14-20(19-36)15-17-35)10-11-26(28)29-23(21-6-3-2-4-7-21)8-5-9-24-25(29)12-13-27-30(24)31(32)34-33-27/h2-4,6-7,10-13,18-20H,5,8-9,14-17H2,1H3,(H,33,34). The second kappa shape index (κ2) is 9.85. The number of aldehydes is 1. The first-order valence-corrected chi connectivity index (χ1v) is 13.0. The summed E-state index contributed by atoms with van der Waals surface area (Å²) in [4.78, 5) is 13.5. The minimum absolute atomic E-state index is 0.152. The van der Waals surface area contributed by atoms with Gasteiger partial charge in [-0.2, -0.15) is 4.39 Å². The molecule has 0 unspecified atom stereocenters. The Kier molecular flexibility index (Phi) is 6.25. The third-order valence-corrected chi connectivity index (χ3v) is 7.89. The van der Waals surface area contributed by atoms with E-state index in [1.807, 2.05) is 12.1 Å². The van der Waals surface area contributed by atoms with Gasteiger partial charge >= 0.3 is 0 Å². The average molecular weight is 496 g/mol. The Balaban J connectivity index is 1.54. The largest absolute Gasteiger partial charge is 0.496 e. The number of aromatic amines is 1. The van der Waals surface area contributed by atoms with E-state index in [0.29, 0.717) is 5.39 Å². The molecule has 1 aliphatic heterocycles. The molecule has 2 heterocycles. The van der Waals surface area contributed by atoms with E-state index in [1.54, 1.807) is 7.11 Å². The Morgan fingerprint density at radius 1 is 1.03 bits per heavy atom. The number of H-pyrrole nitrogens is 1. The van der Waals surface area contributed by atoms with E-state index in [1.165, 1.54) is 11.1 Å². The van der Waals surface area contributed by atoms with Gasteiger partial charge in [0.2, 0.25) is 5.95 Å². The van der Waals surface area contributed by atoms with Crippen LogP contribution >= 0.6 is 0 Å². The summed E-state index contributed by atoms with van der Waals surface area (Å²) in [6, 6.07) is 20.9. The number of allylic oxidation sites excluding steroid dienone is 1. The number of hydrogen-bond donors (Lipinski definition) is 1. The molecule has 4 aromatic rings. The Hall–Kier alpha value is -3.93. The van der Waals surface area contributed by atoms with Gasteiger partial charge < -0.3 is 14.4 Å². The fourth-order valence-electron chi connectivity index (χ4n) is 5.98. The van der Waals surface area contributed by atoms with Crippen molar-refractivity contribution < 1.29 is 13.9 Å². The number of carbonyl (C=O) groups is 1. The van der Waals surface area contributed by atoms with Crippen molar-refractivity contribution in [1.29, 1.82) is 0 Å². The van der Waals surface area contributed by atoms with Crippen molar-refractivity contribution in [3.63, 3.8) is 0 Å². The summed E-state index contributed by atoms with van der Waals surface area (Å²) in [7, 11) is 1.71. The maximum Gasteiger partial charge on any atom is 0.240 e. The van der Waals surface area contributed by atoms with Crippen molar-refractivity contribution in [3.05, 3.63) is 88.9 Å². The normalized spacial score (nSPS) is 16.5. The SMILES string of the molecule is COc1cc(N2CCC(C=O)CC2)ccc1C1=C(c2ccccc2)CCCc2c1ccc1[nH]nc(F)c21. The molecule has 0 spiro atoms. The monoisotopic (exact) mass is 495 g/mol. The van der Waals surface area contributed by atoms with Crippen molar-refractivity contribution >= 4 is 34.0 Å². The number of aromatic nitrogens is 2. The van der Waals surface area contributed by atoms with E-state index < -0.39 is 5.95 Å². The van der Waals surface area contributed by atoms with Crippen molar-refractivity contribution in [2.45, 2.75) is 32.1 Å². The number of nitrogens with one attached hydrogen (secondary N) is 1. The summed E-state index contributed by atoms with van der Waals surface area (Å²) in [5.41, 5.74) is 8.33. The number of nitrogens with zero attached hydrogens (tertiary/aromatic N) is 2. The number of rotatable bonds is 5. The van der Waals surface area contributed by atoms with Crippen LogP contribution in [0.5, 0.6) is 5.75 Å². The molecule has 188 valence electrons. The van der Waals surface area contributed by atoms with Gasteiger partial charge in [-0.3, -0.25) is 5.10 Å². The number of fused-ring (bicyclic) bond motifs is 3. The van der Waals surface area contributed by atoms with Crippen LogP contribution in [-0.4, -0.2) is 36.7 Å². The minimum Gasteiger partial charge on any atom is -0.496 e. The molecule has 0 radical (unpaired) electrons. The number of methoxy groups -OCH3 is 1. The second-order valence-corrected chi connectivity index (χ2v) is 9.95. The summed E-state index contributed by atoms with van der Waals surface area (Å²) < 4.78 is 20.9. The second-order valence-electron chi connectivity index (χ2n) is 9.95. The number of anilines is 1. The molecule has 1 aliphatic carbocycles. The third kappa shape index (κ3) is 4.20. The molecule has 0 atom stereocenters. The van der Waals surface area contributed by atoms with Crippen molar-refractivity contribution in [2.24, 2.45) is 5.92 Å². The quantitative estimate of drug-likeness (QED) is 0.325. The topological polar surface area (TPSA) is 58.2 Å². The number of hydrogen-bond acceptors (Lipinski definition) is 4. The molecule has 0 amide bonds. The fourth-order valence-corrected chi connectivity index (χ4v) is 5.98. The molecule has 37 heavy (non-hydrogen) atoms. The van der Waals surface area contributed by atoms with Crippen LogP contribution in [0.1, 0.15) is 47.9 Å². The molecular weight excluding hydrogens is 465 g/mol. The molecule has 1 saturated heterocycles. The van der Waals surface area contributed by atoms with Crippen LogP contribution in [0.15, 0.2) is 60.7 Å². The lowest BCUT2D eigenvalue weighted by Crippen LogP contribution is -2.34. The highest BCUT2D eigenvalue weighted by atomic mass is 19.1. The van der Waals surface area contributed by atoms with E-state index in [4.69, 9.17) is 4.74 Å². The Labute approximate surface area is 216 Å². The summed E-state index contributed by atoms with van der Waals surface area (Å²) >= 11 is 0. The Morgan fingerprint density at radius 3 is 2.57 bits per heavy atom. The van der Waals surface area contributed by atoms with Gasteiger partial charge in [0, 0.05) is 36.3 Å². The van der Waals surface area contributed by atoms with Crippen molar-refractivity contribution in [2.75, 3.05) is 25.1 Å². The van der Waals surface area contributed by atoms with E-state index in [-0.39, 0.29) is 5.92 Å². The summed E-state index contributed by atoms with van der Waals surface area (Å²) in [6.45, 7) is 1.70. The number of aryl methyl sites for hydroxylation is 1. The lowest BCUT2D eigenvalue weighted by Gasteiger charge is -2.32. The first kappa shape index (κ1) is 23.5. The number of carbonyl (C=O) groups excluding carboxylic acids is 1. The van der Waals surface area contributed by atoms with Crippen LogP contribution in [0, 0.1) is 11.9 Å². The summed E-state index contributed by atoms with van der Waals surface area (Å²) in [6.07, 6.45) is 5.39. The van der Waals surface area contributed by atoms with E-state index in [2.05, 4.69) is 63.6 Å². The average Bonchev–Trinajstić information content (AvgIpc) is 3.23. The smallest absolute Gasteiger partial charge is 0.240 e. The van der Waals surface area contributed by atoms with Gasteiger partial charge in [-0.05, 0) is 78.1 Å². The molecule has 0 bridgehead atoms. The van der Waals surface area contributed by atoms with Gasteiger partial charge in [0.05, 0.1) is 18.0 Å². The van der Waals surface area contributed by atoms with Crippen molar-refractivity contribution in [1.82, 2.24) is 10.2 Å². The zero-order valence-electron chi connectivity index (χ0n) is 21.0. The highest BCUT2D eigenvalue weighted by Crippen LogP contribution is 2.45. The maximum absolute atomic E-state index is 14.9. The molecule has 2 aliphatic rings. The molecule has 5 nitrogen and oxygen atoms in total. The molecule has 1 fully saturated rings. The minimum atomic E-state index is -0.449. The molecule has 0 saturated carbocycles. The highest BCUT2D eigenvalue weighted by molar-refractivity contribution is 6.04. The number of piperidine rings is 1. The third-order valence-electron chi connectivity index (χ3n) is 7.89. The van der Waals surface area contributed by atoms with Gasteiger partial charge in [0.25, 0.3) is 0 Å². The lowest BCUT2D eigenvalue weighted by molar-refractivity contribution is -0.111. The Morgan fingerprint density at radius 2 is 1.81 bits per heavy atom. The molecule has 6 rings (SSSR count). The first-order valence-electron chi connectivity index (χ1n) is 13.0. The van der Waals surface area contributed by atoms with Crippen LogP contribution in [0.25, 0.3) is 22.0 Å². The molecule has 3 aromatic carbocycles. The summed E-state index contributed by atoms with van der Waals surface area (Å²) in [5, 5.41) is 7.28. The van der Waals surface area contributed by atoms with Crippen molar-refractivity contribution in [3.8, 4) is 5.75 Å². The van der Waals surface area contributed by atoms with Crippen LogP contribution in [0.3, 0.4) is 0 Å². The Bertz CT molecular complexity index is 1480. The molecular formula is C31H30FN3O2. The predicted molar refractivity (Wildman–Crippen MR) is 145 cm³/mol. The predicted octanol–water partition coefficient (Wildman–Crippen LogP) is 6.42. The van der Waals surface area contributed by atoms with E-state index >= 15 is 0 Å². The highest BCUT2D eigenvalue weighted by Gasteiger charge is 2.26. The molecule has 1 N–H and O–H groups in total. The zero-order chi connectivity index (χ0) is 25.4. The fraction of sp³-hybridized carbons (Fsp3) is 0.290. The van der Waals surface area contributed by atoms with Gasteiger partial charge in [-0.1, -0.05) is 36.4 Å². The molecule has 6 heteroatoms. The number of benzene rings is 3. The lowest BCUT2D eigenvalue weighted by atomic mass is 9.86. The van der Waals surface area contributed by atoms with Gasteiger partial charge in [0.1, 0.15) is 12.0 Å². The number of halogens is 1. The first-order chi connectivity index (χ1) is 18.2.